The van der Waals surface area contributed by atoms with Crippen molar-refractivity contribution in [3.05, 3.63) is 35.4 Å². The lowest BCUT2D eigenvalue weighted by Crippen LogP contribution is -2.38. The van der Waals surface area contributed by atoms with Crippen molar-refractivity contribution in [2.75, 3.05) is 19.8 Å². The molecular formula is C18H23NO4. The first-order valence-electron chi connectivity index (χ1n) is 8.27. The number of carbonyl (C=O) groups is 2. The van der Waals surface area contributed by atoms with Crippen LogP contribution in [0.1, 0.15) is 48.0 Å². The molecule has 1 aromatic rings. The average Bonchev–Trinajstić information content (AvgIpc) is 3.24. The van der Waals surface area contributed by atoms with Crippen molar-refractivity contribution in [2.24, 2.45) is 5.92 Å². The Morgan fingerprint density at radius 1 is 1.35 bits per heavy atom. The summed E-state index contributed by atoms with van der Waals surface area (Å²) in [4.78, 5) is 25.7. The number of aliphatic carboxylic acids is 1. The van der Waals surface area contributed by atoms with Crippen LogP contribution in [-0.2, 0) is 9.53 Å². The Hall–Kier alpha value is -1.88. The molecule has 3 rings (SSSR count). The zero-order chi connectivity index (χ0) is 16.4. The number of nitrogens with zero attached hydrogens (tertiary/aromatic N) is 1. The molecule has 1 aliphatic heterocycles. The summed E-state index contributed by atoms with van der Waals surface area (Å²) in [6.07, 6.45) is 2.92. The number of hydrogen-bond acceptors (Lipinski definition) is 3. The third kappa shape index (κ3) is 3.72. The molecule has 5 heteroatoms. The third-order valence-electron chi connectivity index (χ3n) is 4.68. The monoisotopic (exact) mass is 317 g/mol. The van der Waals surface area contributed by atoms with Crippen molar-refractivity contribution in [1.82, 2.24) is 4.90 Å². The Balaban J connectivity index is 1.77. The summed E-state index contributed by atoms with van der Waals surface area (Å²) in [5, 5.41) is 9.12. The van der Waals surface area contributed by atoms with Gasteiger partial charge in [0.25, 0.3) is 5.91 Å². The Morgan fingerprint density at radius 3 is 2.74 bits per heavy atom. The largest absolute Gasteiger partial charge is 0.481 e. The Labute approximate surface area is 136 Å². The van der Waals surface area contributed by atoms with Crippen molar-refractivity contribution >= 4 is 11.9 Å². The summed E-state index contributed by atoms with van der Waals surface area (Å²) in [6, 6.07) is 7.91. The number of rotatable bonds is 6. The Kier molecular flexibility index (Phi) is 4.66. The van der Waals surface area contributed by atoms with E-state index in [0.717, 1.165) is 31.4 Å². The van der Waals surface area contributed by atoms with Gasteiger partial charge in [0, 0.05) is 30.7 Å². The van der Waals surface area contributed by atoms with E-state index in [-0.39, 0.29) is 18.5 Å². The van der Waals surface area contributed by atoms with Crippen molar-refractivity contribution in [2.45, 2.75) is 38.1 Å². The minimum Gasteiger partial charge on any atom is -0.481 e. The van der Waals surface area contributed by atoms with Crippen LogP contribution in [0.2, 0.25) is 0 Å². The predicted octanol–water partition coefficient (Wildman–Crippen LogP) is 2.52. The number of carboxylic acid groups (broad SMARTS) is 1. The maximum atomic E-state index is 12.9. The van der Waals surface area contributed by atoms with Gasteiger partial charge >= 0.3 is 5.97 Å². The molecule has 23 heavy (non-hydrogen) atoms. The van der Waals surface area contributed by atoms with Crippen molar-refractivity contribution < 1.29 is 19.4 Å². The first kappa shape index (κ1) is 16.0. The molecule has 2 unspecified atom stereocenters. The lowest BCUT2D eigenvalue weighted by atomic mass is 9.96. The molecule has 1 saturated heterocycles. The van der Waals surface area contributed by atoms with Crippen molar-refractivity contribution in [1.29, 1.82) is 0 Å². The second kappa shape index (κ2) is 6.71. The van der Waals surface area contributed by atoms with E-state index in [2.05, 4.69) is 0 Å². The summed E-state index contributed by atoms with van der Waals surface area (Å²) in [5.41, 5.74) is 1.79. The molecule has 2 aliphatic rings. The van der Waals surface area contributed by atoms with E-state index in [1.807, 2.05) is 24.3 Å². The maximum absolute atomic E-state index is 12.9. The SMILES string of the molecule is CC(CN(C(=O)c1cccc(C2CCOC2)c1)C1CC1)C(=O)O. The fraction of sp³-hybridized carbons (Fsp3) is 0.556. The number of amides is 1. The highest BCUT2D eigenvalue weighted by atomic mass is 16.5. The van der Waals surface area contributed by atoms with E-state index in [4.69, 9.17) is 9.84 Å². The van der Waals surface area contributed by atoms with E-state index in [0.29, 0.717) is 18.1 Å². The molecule has 5 nitrogen and oxygen atoms in total. The molecule has 0 radical (unpaired) electrons. The zero-order valence-corrected chi connectivity index (χ0v) is 13.4. The first-order valence-corrected chi connectivity index (χ1v) is 8.27. The van der Waals surface area contributed by atoms with Crippen LogP contribution in [0.4, 0.5) is 0 Å². The number of benzene rings is 1. The molecular weight excluding hydrogens is 294 g/mol. The molecule has 1 heterocycles. The maximum Gasteiger partial charge on any atom is 0.308 e. The highest BCUT2D eigenvalue weighted by Crippen LogP contribution is 2.30. The van der Waals surface area contributed by atoms with Crippen molar-refractivity contribution in [3.63, 3.8) is 0 Å². The van der Waals surface area contributed by atoms with E-state index in [1.165, 1.54) is 0 Å². The van der Waals surface area contributed by atoms with Crippen LogP contribution in [0.3, 0.4) is 0 Å². The molecule has 1 aromatic carbocycles. The summed E-state index contributed by atoms with van der Waals surface area (Å²) >= 11 is 0. The van der Waals surface area contributed by atoms with E-state index in [1.54, 1.807) is 11.8 Å². The number of ether oxygens (including phenoxy) is 1. The fourth-order valence-electron chi connectivity index (χ4n) is 3.05. The standard InChI is InChI=1S/C18H23NO4/c1-12(18(21)22)10-19(16-5-6-16)17(20)14-4-2-3-13(9-14)15-7-8-23-11-15/h2-4,9,12,15-16H,5-8,10-11H2,1H3,(H,21,22). The van der Waals surface area contributed by atoms with Gasteiger partial charge in [0.2, 0.25) is 0 Å². The van der Waals surface area contributed by atoms with E-state index in [9.17, 15) is 9.59 Å². The number of carbonyl (C=O) groups excluding carboxylic acids is 1. The van der Waals surface area contributed by atoms with Gasteiger partial charge < -0.3 is 14.7 Å². The molecule has 124 valence electrons. The Morgan fingerprint density at radius 2 is 2.13 bits per heavy atom. The molecule has 1 aliphatic carbocycles. The molecule has 0 aromatic heterocycles. The molecule has 2 atom stereocenters. The predicted molar refractivity (Wildman–Crippen MR) is 85.5 cm³/mol. The molecule has 1 saturated carbocycles. The highest BCUT2D eigenvalue weighted by molar-refractivity contribution is 5.95. The summed E-state index contributed by atoms with van der Waals surface area (Å²) < 4.78 is 5.43. The number of carboxylic acids is 1. The second-order valence-electron chi connectivity index (χ2n) is 6.61. The number of hydrogen-bond donors (Lipinski definition) is 1. The van der Waals surface area contributed by atoms with Gasteiger partial charge in [-0.3, -0.25) is 9.59 Å². The van der Waals surface area contributed by atoms with Crippen LogP contribution >= 0.6 is 0 Å². The highest BCUT2D eigenvalue weighted by Gasteiger charge is 2.35. The van der Waals surface area contributed by atoms with Crippen LogP contribution in [0.5, 0.6) is 0 Å². The topological polar surface area (TPSA) is 66.8 Å². The van der Waals surface area contributed by atoms with Crippen LogP contribution < -0.4 is 0 Å². The summed E-state index contributed by atoms with van der Waals surface area (Å²) in [5.74, 6) is -1.11. The van der Waals surface area contributed by atoms with Gasteiger partial charge in [-0.05, 0) is 37.0 Å². The van der Waals surface area contributed by atoms with Gasteiger partial charge in [-0.1, -0.05) is 19.1 Å². The lowest BCUT2D eigenvalue weighted by Gasteiger charge is -2.25. The molecule has 0 spiro atoms. The summed E-state index contributed by atoms with van der Waals surface area (Å²) in [6.45, 7) is 3.40. The van der Waals surface area contributed by atoms with Gasteiger partial charge in [0.15, 0.2) is 0 Å². The van der Waals surface area contributed by atoms with Crippen LogP contribution in [0, 0.1) is 5.92 Å². The first-order chi connectivity index (χ1) is 11.1. The van der Waals surface area contributed by atoms with Gasteiger partial charge in [-0.25, -0.2) is 0 Å². The van der Waals surface area contributed by atoms with E-state index >= 15 is 0 Å². The minimum atomic E-state index is -0.861. The minimum absolute atomic E-state index is 0.0543. The second-order valence-corrected chi connectivity index (χ2v) is 6.61. The van der Waals surface area contributed by atoms with Gasteiger partial charge in [0.1, 0.15) is 0 Å². The quantitative estimate of drug-likeness (QED) is 0.875. The molecule has 1 amide bonds. The fourth-order valence-corrected chi connectivity index (χ4v) is 3.05. The van der Waals surface area contributed by atoms with Crippen molar-refractivity contribution in [3.8, 4) is 0 Å². The third-order valence-corrected chi connectivity index (χ3v) is 4.68. The zero-order valence-electron chi connectivity index (χ0n) is 13.4. The van der Waals surface area contributed by atoms with Gasteiger partial charge in [0.05, 0.1) is 12.5 Å². The molecule has 0 bridgehead atoms. The molecule has 1 N–H and O–H groups in total. The average molecular weight is 317 g/mol. The van der Waals surface area contributed by atoms with Gasteiger partial charge in [-0.2, -0.15) is 0 Å². The summed E-state index contributed by atoms with van der Waals surface area (Å²) in [7, 11) is 0. The van der Waals surface area contributed by atoms with Crippen LogP contribution in [0.15, 0.2) is 24.3 Å². The van der Waals surface area contributed by atoms with Gasteiger partial charge in [-0.15, -0.1) is 0 Å². The molecule has 2 fully saturated rings. The van der Waals surface area contributed by atoms with Crippen LogP contribution in [-0.4, -0.2) is 47.7 Å². The Bertz CT molecular complexity index is 590. The normalized spacial score (nSPS) is 21.9. The van der Waals surface area contributed by atoms with Crippen LogP contribution in [0.25, 0.3) is 0 Å². The smallest absolute Gasteiger partial charge is 0.308 e. The van der Waals surface area contributed by atoms with E-state index < -0.39 is 11.9 Å². The lowest BCUT2D eigenvalue weighted by molar-refractivity contribution is -0.141.